The normalized spacial score (nSPS) is 20.1. The minimum atomic E-state index is -0.410. The van der Waals surface area contributed by atoms with Crippen LogP contribution in [-0.2, 0) is 4.79 Å². The Hall–Kier alpha value is -3.74. The third-order valence-electron chi connectivity index (χ3n) is 6.17. The molecule has 0 amide bonds. The molecule has 7 heteroatoms. The highest BCUT2D eigenvalue weighted by Crippen LogP contribution is 2.50. The summed E-state index contributed by atoms with van der Waals surface area (Å²) in [7, 11) is 1.49. The summed E-state index contributed by atoms with van der Waals surface area (Å²) in [6.07, 6.45) is 0.840. The molecule has 0 unspecified atom stereocenters. The number of carbonyl (C=O) groups is 1. The zero-order valence-corrected chi connectivity index (χ0v) is 17.2. The van der Waals surface area contributed by atoms with E-state index in [1.165, 1.54) is 7.11 Å². The van der Waals surface area contributed by atoms with Crippen molar-refractivity contribution in [3.8, 4) is 17.2 Å². The number of nitrogens with one attached hydrogen (secondary N) is 1. The van der Waals surface area contributed by atoms with Gasteiger partial charge in [0.05, 0.1) is 18.4 Å². The first kappa shape index (κ1) is 19.2. The Morgan fingerprint density at radius 2 is 1.94 bits per heavy atom. The van der Waals surface area contributed by atoms with Crippen molar-refractivity contribution in [3.05, 3.63) is 76.1 Å². The second kappa shape index (κ2) is 7.19. The third kappa shape index (κ3) is 3.04. The number of methoxy groups -OCH3 is 1. The maximum Gasteiger partial charge on any atom is 0.233 e. The number of carbonyl (C=O) groups excluding carboxylic acids is 1. The van der Waals surface area contributed by atoms with Crippen molar-refractivity contribution in [2.24, 2.45) is 0 Å². The van der Waals surface area contributed by atoms with Gasteiger partial charge >= 0.3 is 0 Å². The second-order valence-electron chi connectivity index (χ2n) is 7.98. The lowest BCUT2D eigenvalue weighted by Crippen LogP contribution is -2.29. The summed E-state index contributed by atoms with van der Waals surface area (Å²) in [6, 6.07) is 12.3. The van der Waals surface area contributed by atoms with Crippen LogP contribution >= 0.6 is 0 Å². The van der Waals surface area contributed by atoms with E-state index in [9.17, 15) is 15.0 Å². The molecule has 1 aliphatic carbocycles. The first-order valence-electron chi connectivity index (χ1n) is 10.1. The van der Waals surface area contributed by atoms with E-state index in [0.717, 1.165) is 22.4 Å². The van der Waals surface area contributed by atoms with Gasteiger partial charge in [-0.1, -0.05) is 29.4 Å². The van der Waals surface area contributed by atoms with Gasteiger partial charge in [-0.05, 0) is 42.7 Å². The Morgan fingerprint density at radius 1 is 1.13 bits per heavy atom. The van der Waals surface area contributed by atoms with E-state index < -0.39 is 5.92 Å². The van der Waals surface area contributed by atoms with Crippen LogP contribution in [0.5, 0.6) is 17.2 Å². The third-order valence-corrected chi connectivity index (χ3v) is 6.17. The molecule has 158 valence electrons. The zero-order valence-electron chi connectivity index (χ0n) is 17.2. The molecule has 2 aliphatic rings. The summed E-state index contributed by atoms with van der Waals surface area (Å²) >= 11 is 0. The van der Waals surface area contributed by atoms with Crippen LogP contribution in [0.25, 0.3) is 0 Å². The Kier molecular flexibility index (Phi) is 4.46. The first-order valence-corrected chi connectivity index (χ1v) is 10.1. The van der Waals surface area contributed by atoms with Crippen molar-refractivity contribution in [2.45, 2.75) is 31.6 Å². The van der Waals surface area contributed by atoms with Crippen molar-refractivity contribution >= 4 is 11.7 Å². The molecule has 5 rings (SSSR count). The molecule has 31 heavy (non-hydrogen) atoms. The van der Waals surface area contributed by atoms with Crippen molar-refractivity contribution in [1.82, 2.24) is 5.16 Å². The Labute approximate surface area is 179 Å². The summed E-state index contributed by atoms with van der Waals surface area (Å²) in [5, 5.41) is 28.0. The van der Waals surface area contributed by atoms with Gasteiger partial charge in [0.15, 0.2) is 17.3 Å². The average molecular weight is 418 g/mol. The van der Waals surface area contributed by atoms with Crippen molar-refractivity contribution in [1.29, 1.82) is 0 Å². The maximum absolute atomic E-state index is 13.4. The van der Waals surface area contributed by atoms with E-state index in [0.29, 0.717) is 29.3 Å². The minimum Gasteiger partial charge on any atom is -0.508 e. The van der Waals surface area contributed by atoms with Gasteiger partial charge in [0.2, 0.25) is 5.88 Å². The molecule has 0 saturated carbocycles. The number of fused-ring (bicyclic) bond motifs is 1. The number of allylic oxidation sites excluding steroid dienone is 2. The molecule has 0 spiro atoms. The number of Topliss-reactive ketones (excluding diaryl/α,β-unsaturated/α-hetero) is 1. The van der Waals surface area contributed by atoms with Crippen LogP contribution in [0.15, 0.2) is 58.3 Å². The van der Waals surface area contributed by atoms with E-state index in [-0.39, 0.29) is 29.6 Å². The molecule has 1 aliphatic heterocycles. The quantitative estimate of drug-likeness (QED) is 0.580. The highest BCUT2D eigenvalue weighted by molar-refractivity contribution is 6.01. The van der Waals surface area contributed by atoms with Crippen LogP contribution in [0.4, 0.5) is 5.88 Å². The Morgan fingerprint density at radius 3 is 2.68 bits per heavy atom. The molecule has 3 N–H and O–H groups in total. The van der Waals surface area contributed by atoms with Gasteiger partial charge in [0.1, 0.15) is 5.75 Å². The average Bonchev–Trinajstić information content (AvgIpc) is 3.12. The summed E-state index contributed by atoms with van der Waals surface area (Å²) in [6.45, 7) is 1.84. The molecule has 2 atom stereocenters. The number of aryl methyl sites for hydroxylation is 1. The molecule has 3 aromatic rings. The van der Waals surface area contributed by atoms with Gasteiger partial charge in [-0.25, -0.2) is 0 Å². The fraction of sp³-hybridized carbons (Fsp3) is 0.250. The lowest BCUT2D eigenvalue weighted by molar-refractivity contribution is -0.116. The summed E-state index contributed by atoms with van der Waals surface area (Å²) in [4.78, 5) is 13.4. The molecular weight excluding hydrogens is 396 g/mol. The van der Waals surface area contributed by atoms with Crippen LogP contribution in [0.3, 0.4) is 0 Å². The van der Waals surface area contributed by atoms with Crippen molar-refractivity contribution < 1.29 is 24.3 Å². The molecule has 0 saturated heterocycles. The number of aromatic hydroxyl groups is 2. The highest BCUT2D eigenvalue weighted by atomic mass is 16.5. The molecule has 0 radical (unpaired) electrons. The molecular formula is C24H22N2O5. The number of phenolic OH excluding ortho intramolecular Hbond substituents is 2. The number of benzene rings is 2. The molecule has 7 nitrogen and oxygen atoms in total. The van der Waals surface area contributed by atoms with E-state index in [4.69, 9.17) is 9.26 Å². The van der Waals surface area contributed by atoms with Crippen LogP contribution < -0.4 is 10.1 Å². The Balaban J connectivity index is 1.63. The topological polar surface area (TPSA) is 105 Å². The summed E-state index contributed by atoms with van der Waals surface area (Å²) in [5.74, 6) is 0.502. The van der Waals surface area contributed by atoms with Gasteiger partial charge < -0.3 is 24.8 Å². The van der Waals surface area contributed by atoms with Gasteiger partial charge in [0.25, 0.3) is 0 Å². The van der Waals surface area contributed by atoms with E-state index in [1.54, 1.807) is 24.3 Å². The van der Waals surface area contributed by atoms with Crippen LogP contribution in [0.1, 0.15) is 47.1 Å². The zero-order chi connectivity index (χ0) is 21.7. The number of nitrogens with zero attached hydrogens (tertiary/aromatic N) is 1. The number of hydrogen-bond acceptors (Lipinski definition) is 7. The number of anilines is 1. The van der Waals surface area contributed by atoms with Crippen LogP contribution in [0, 0.1) is 6.92 Å². The minimum absolute atomic E-state index is 0.00596. The standard InChI is InChI=1S/C24H22N2O5/c1-12-21-22(13-7-8-20(30-2)18(28)10-13)23-16(25-24(21)31-26-12)9-14(11-19(23)29)15-5-3-4-6-17(15)27/h3-8,10,14,22,25,27-28H,9,11H2,1-2H3/t14-,22+/m0/s1. The maximum atomic E-state index is 13.4. The van der Waals surface area contributed by atoms with Crippen molar-refractivity contribution in [2.75, 3.05) is 12.4 Å². The number of phenols is 2. The number of hydrogen-bond donors (Lipinski definition) is 3. The van der Waals surface area contributed by atoms with E-state index in [2.05, 4.69) is 10.5 Å². The number of rotatable bonds is 3. The van der Waals surface area contributed by atoms with Gasteiger partial charge in [-0.15, -0.1) is 0 Å². The lowest BCUT2D eigenvalue weighted by Gasteiger charge is -2.34. The largest absolute Gasteiger partial charge is 0.508 e. The molecule has 2 heterocycles. The first-order chi connectivity index (χ1) is 15.0. The van der Waals surface area contributed by atoms with Crippen LogP contribution in [0.2, 0.25) is 0 Å². The highest BCUT2D eigenvalue weighted by Gasteiger charge is 2.41. The molecule has 0 bridgehead atoms. The summed E-state index contributed by atoms with van der Waals surface area (Å²) < 4.78 is 10.7. The molecule has 2 aromatic carbocycles. The predicted octanol–water partition coefficient (Wildman–Crippen LogP) is 4.36. The number of para-hydroxylation sites is 1. The second-order valence-corrected chi connectivity index (χ2v) is 7.98. The predicted molar refractivity (Wildman–Crippen MR) is 113 cm³/mol. The van der Waals surface area contributed by atoms with Gasteiger partial charge in [-0.3, -0.25) is 4.79 Å². The molecule has 0 fully saturated rings. The van der Waals surface area contributed by atoms with E-state index >= 15 is 0 Å². The fourth-order valence-electron chi connectivity index (χ4n) is 4.75. The smallest absolute Gasteiger partial charge is 0.233 e. The van der Waals surface area contributed by atoms with E-state index in [1.807, 2.05) is 25.1 Å². The number of ether oxygens (including phenoxy) is 1. The van der Waals surface area contributed by atoms with Crippen molar-refractivity contribution in [3.63, 3.8) is 0 Å². The fourth-order valence-corrected chi connectivity index (χ4v) is 4.75. The molecule has 1 aromatic heterocycles. The van der Waals surface area contributed by atoms with Gasteiger partial charge in [-0.2, -0.15) is 0 Å². The van der Waals surface area contributed by atoms with Crippen LogP contribution in [-0.4, -0.2) is 28.3 Å². The lowest BCUT2D eigenvalue weighted by atomic mass is 9.72. The monoisotopic (exact) mass is 418 g/mol. The Bertz CT molecular complexity index is 1230. The number of aromatic nitrogens is 1. The van der Waals surface area contributed by atoms with Gasteiger partial charge in [0, 0.05) is 29.5 Å². The summed E-state index contributed by atoms with van der Waals surface area (Å²) in [5.41, 5.74) is 4.39. The SMILES string of the molecule is COc1ccc([C@H]2C3=C(C[C@H](c4ccccc4O)CC3=O)Nc3onc(C)c32)cc1O. The number of ketones is 1.